The zero-order valence-electron chi connectivity index (χ0n) is 13.0. The molecule has 1 amide bonds. The van der Waals surface area contributed by atoms with E-state index in [1.165, 1.54) is 31.2 Å². The Morgan fingerprint density at radius 3 is 2.81 bits per heavy atom. The summed E-state index contributed by atoms with van der Waals surface area (Å²) in [7, 11) is 0. The van der Waals surface area contributed by atoms with Gasteiger partial charge in [-0.3, -0.25) is 10.1 Å². The van der Waals surface area contributed by atoms with E-state index >= 15 is 0 Å². The lowest BCUT2D eigenvalue weighted by Gasteiger charge is -2.26. The molecule has 0 radical (unpaired) electrons. The van der Waals surface area contributed by atoms with E-state index in [9.17, 15) is 4.79 Å². The topological polar surface area (TPSA) is 32.3 Å². The predicted octanol–water partition coefficient (Wildman–Crippen LogP) is 3.78. The molecule has 1 saturated carbocycles. The molecule has 1 N–H and O–H groups in total. The summed E-state index contributed by atoms with van der Waals surface area (Å²) in [4.78, 5) is 15.0. The maximum Gasteiger partial charge on any atom is 0.241 e. The molecule has 1 aromatic rings. The molecule has 0 spiro atoms. The fourth-order valence-electron chi connectivity index (χ4n) is 3.65. The van der Waals surface area contributed by atoms with Gasteiger partial charge in [-0.1, -0.05) is 33.1 Å². The summed E-state index contributed by atoms with van der Waals surface area (Å²) < 4.78 is 0. The first kappa shape index (κ1) is 15.0. The van der Waals surface area contributed by atoms with Gasteiger partial charge in [0, 0.05) is 6.54 Å². The third-order valence-corrected chi connectivity index (χ3v) is 5.90. The van der Waals surface area contributed by atoms with Crippen LogP contribution in [0.15, 0.2) is 16.8 Å². The average Bonchev–Trinajstić information content (AvgIpc) is 3.21. The third-order valence-electron chi connectivity index (χ3n) is 5.20. The Labute approximate surface area is 131 Å². The van der Waals surface area contributed by atoms with Crippen LogP contribution in [-0.2, 0) is 4.79 Å². The molecule has 3 unspecified atom stereocenters. The van der Waals surface area contributed by atoms with Crippen molar-refractivity contribution in [2.45, 2.75) is 58.2 Å². The average molecular weight is 306 g/mol. The van der Waals surface area contributed by atoms with Gasteiger partial charge in [-0.05, 0) is 47.1 Å². The summed E-state index contributed by atoms with van der Waals surface area (Å²) in [6.45, 7) is 5.28. The highest BCUT2D eigenvalue weighted by atomic mass is 32.1. The number of nitrogens with one attached hydrogen (secondary N) is 1. The number of amides is 1. The molecule has 3 atom stereocenters. The quantitative estimate of drug-likeness (QED) is 0.898. The van der Waals surface area contributed by atoms with Gasteiger partial charge in [0.25, 0.3) is 0 Å². The fraction of sp³-hybridized carbons (Fsp3) is 0.706. The van der Waals surface area contributed by atoms with E-state index in [-0.39, 0.29) is 12.2 Å². The highest BCUT2D eigenvalue weighted by molar-refractivity contribution is 7.07. The van der Waals surface area contributed by atoms with Crippen molar-refractivity contribution in [1.82, 2.24) is 10.2 Å². The van der Waals surface area contributed by atoms with Gasteiger partial charge in [0.05, 0.1) is 6.04 Å². The number of rotatable bonds is 5. The Morgan fingerprint density at radius 2 is 2.19 bits per heavy atom. The molecule has 1 aliphatic carbocycles. The maximum absolute atomic E-state index is 12.9. The van der Waals surface area contributed by atoms with E-state index in [0.29, 0.717) is 17.7 Å². The van der Waals surface area contributed by atoms with Crippen molar-refractivity contribution in [1.29, 1.82) is 0 Å². The van der Waals surface area contributed by atoms with E-state index in [4.69, 9.17) is 0 Å². The molecule has 1 saturated heterocycles. The van der Waals surface area contributed by atoms with E-state index < -0.39 is 0 Å². The van der Waals surface area contributed by atoms with E-state index in [1.807, 2.05) is 0 Å². The van der Waals surface area contributed by atoms with Crippen LogP contribution in [0.4, 0.5) is 0 Å². The highest BCUT2D eigenvalue weighted by Gasteiger charge is 2.42. The lowest BCUT2D eigenvalue weighted by Crippen LogP contribution is -2.37. The van der Waals surface area contributed by atoms with Gasteiger partial charge in [0.1, 0.15) is 6.17 Å². The molecule has 3 nitrogen and oxygen atoms in total. The van der Waals surface area contributed by atoms with Crippen LogP contribution in [0.25, 0.3) is 0 Å². The van der Waals surface area contributed by atoms with Gasteiger partial charge < -0.3 is 4.90 Å². The van der Waals surface area contributed by atoms with Crippen LogP contribution in [0.2, 0.25) is 0 Å². The smallest absolute Gasteiger partial charge is 0.241 e. The molecular weight excluding hydrogens is 280 g/mol. The van der Waals surface area contributed by atoms with Gasteiger partial charge in [-0.15, -0.1) is 0 Å². The molecular formula is C17H26N2OS. The fourth-order valence-corrected chi connectivity index (χ4v) is 4.33. The largest absolute Gasteiger partial charge is 0.321 e. The van der Waals surface area contributed by atoms with Crippen molar-refractivity contribution in [3.8, 4) is 0 Å². The van der Waals surface area contributed by atoms with Gasteiger partial charge in [0.15, 0.2) is 0 Å². The first-order valence-electron chi connectivity index (χ1n) is 8.29. The van der Waals surface area contributed by atoms with Crippen LogP contribution in [0.3, 0.4) is 0 Å². The minimum Gasteiger partial charge on any atom is -0.321 e. The molecule has 4 heteroatoms. The maximum atomic E-state index is 12.9. The second-order valence-corrected chi connectivity index (χ2v) is 7.41. The Balaban J connectivity index is 1.79. The Morgan fingerprint density at radius 1 is 1.43 bits per heavy atom. The van der Waals surface area contributed by atoms with Gasteiger partial charge >= 0.3 is 0 Å². The number of hydrogen-bond donors (Lipinski definition) is 1. The molecule has 1 aromatic heterocycles. The van der Waals surface area contributed by atoms with Crippen molar-refractivity contribution < 1.29 is 4.79 Å². The lowest BCUT2D eigenvalue weighted by molar-refractivity contribution is -0.131. The minimum atomic E-state index is -0.0127. The second-order valence-electron chi connectivity index (χ2n) is 6.63. The first-order valence-corrected chi connectivity index (χ1v) is 9.23. The van der Waals surface area contributed by atoms with Crippen LogP contribution in [0.5, 0.6) is 0 Å². The van der Waals surface area contributed by atoms with Crippen LogP contribution in [0.1, 0.15) is 57.7 Å². The summed E-state index contributed by atoms with van der Waals surface area (Å²) in [5.74, 6) is 1.41. The number of carbonyl (C=O) groups excluding carboxylic acids is 1. The summed E-state index contributed by atoms with van der Waals surface area (Å²) in [5, 5.41) is 7.88. The van der Waals surface area contributed by atoms with Crippen LogP contribution in [-0.4, -0.2) is 23.4 Å². The zero-order chi connectivity index (χ0) is 14.8. The molecule has 0 aromatic carbocycles. The third kappa shape index (κ3) is 3.02. The summed E-state index contributed by atoms with van der Waals surface area (Å²) in [6.07, 6.45) is 6.36. The Hall–Kier alpha value is -0.870. The van der Waals surface area contributed by atoms with Gasteiger partial charge in [-0.2, -0.15) is 11.3 Å². The molecule has 2 heterocycles. The predicted molar refractivity (Wildman–Crippen MR) is 87.1 cm³/mol. The second kappa shape index (κ2) is 6.49. The van der Waals surface area contributed by atoms with Crippen molar-refractivity contribution in [3.05, 3.63) is 22.4 Å². The Bertz CT molecular complexity index is 467. The normalized spacial score (nSPS) is 28.5. The highest BCUT2D eigenvalue weighted by Crippen LogP contribution is 2.34. The molecule has 0 bridgehead atoms. The number of thiophene rings is 1. The van der Waals surface area contributed by atoms with E-state index in [2.05, 4.69) is 40.9 Å². The molecule has 2 fully saturated rings. The Kier molecular flexibility index (Phi) is 4.65. The standard InChI is InChI=1S/C17H26N2OS/c1-3-12(2)15-17(20)19(10-13-6-4-5-7-13)16(18-15)14-8-9-21-11-14/h8-9,11-13,15-16,18H,3-7,10H2,1-2H3. The SMILES string of the molecule is CCC(C)C1NC(c2ccsc2)N(CC2CCCC2)C1=O. The molecule has 21 heavy (non-hydrogen) atoms. The van der Waals surface area contributed by atoms with Crippen molar-refractivity contribution >= 4 is 17.2 Å². The summed E-state index contributed by atoms with van der Waals surface area (Å²) in [5.41, 5.74) is 1.25. The molecule has 116 valence electrons. The van der Waals surface area contributed by atoms with Gasteiger partial charge in [-0.25, -0.2) is 0 Å². The van der Waals surface area contributed by atoms with Crippen molar-refractivity contribution in [2.75, 3.05) is 6.54 Å². The summed E-state index contributed by atoms with van der Waals surface area (Å²) >= 11 is 1.71. The van der Waals surface area contributed by atoms with Crippen LogP contribution in [0, 0.1) is 11.8 Å². The van der Waals surface area contributed by atoms with E-state index in [0.717, 1.165) is 13.0 Å². The van der Waals surface area contributed by atoms with Crippen LogP contribution >= 0.6 is 11.3 Å². The summed E-state index contributed by atoms with van der Waals surface area (Å²) in [6, 6.07) is 2.14. The molecule has 1 aliphatic heterocycles. The van der Waals surface area contributed by atoms with Gasteiger partial charge in [0.2, 0.25) is 5.91 Å². The van der Waals surface area contributed by atoms with Crippen molar-refractivity contribution in [3.63, 3.8) is 0 Å². The zero-order valence-corrected chi connectivity index (χ0v) is 13.9. The van der Waals surface area contributed by atoms with Crippen LogP contribution < -0.4 is 5.32 Å². The molecule has 2 aliphatic rings. The lowest BCUT2D eigenvalue weighted by atomic mass is 9.99. The first-order chi connectivity index (χ1) is 10.2. The van der Waals surface area contributed by atoms with E-state index in [1.54, 1.807) is 11.3 Å². The monoisotopic (exact) mass is 306 g/mol. The number of carbonyl (C=O) groups is 1. The number of nitrogens with zero attached hydrogens (tertiary/aromatic N) is 1. The van der Waals surface area contributed by atoms with Crippen molar-refractivity contribution in [2.24, 2.45) is 11.8 Å². The molecule has 3 rings (SSSR count). The number of hydrogen-bond acceptors (Lipinski definition) is 3. The minimum absolute atomic E-state index is 0.0127.